The molecule has 0 amide bonds. The second-order valence-corrected chi connectivity index (χ2v) is 4.10. The van der Waals surface area contributed by atoms with E-state index in [1.54, 1.807) is 30.5 Å². The highest BCUT2D eigenvalue weighted by Crippen LogP contribution is 2.24. The highest BCUT2D eigenvalue weighted by atomic mass is 32.1. The van der Waals surface area contributed by atoms with Crippen molar-refractivity contribution in [3.8, 4) is 11.3 Å². The Labute approximate surface area is 102 Å². The maximum atomic E-state index is 13.5. The fraction of sp³-hybridized carbons (Fsp3) is 0.167. The second kappa shape index (κ2) is 5.05. The predicted molar refractivity (Wildman–Crippen MR) is 63.5 cm³/mol. The molecular formula is C12H10FNO2S. The van der Waals surface area contributed by atoms with E-state index in [1.165, 1.54) is 6.07 Å². The van der Waals surface area contributed by atoms with Gasteiger partial charge in [0.2, 0.25) is 5.01 Å². The molecule has 0 saturated heterocycles. The molecule has 2 rings (SSSR count). The maximum absolute atomic E-state index is 13.5. The monoisotopic (exact) mass is 251 g/mol. The van der Waals surface area contributed by atoms with Crippen LogP contribution < -0.4 is 0 Å². The van der Waals surface area contributed by atoms with E-state index in [0.717, 1.165) is 11.3 Å². The van der Waals surface area contributed by atoms with Crippen LogP contribution in [0.5, 0.6) is 0 Å². The Morgan fingerprint density at radius 3 is 2.94 bits per heavy atom. The van der Waals surface area contributed by atoms with Crippen LogP contribution in [-0.4, -0.2) is 17.6 Å². The van der Waals surface area contributed by atoms with Crippen LogP contribution >= 0.6 is 11.3 Å². The van der Waals surface area contributed by atoms with E-state index < -0.39 is 5.97 Å². The number of hydrogen-bond acceptors (Lipinski definition) is 4. The van der Waals surface area contributed by atoms with E-state index in [4.69, 9.17) is 4.74 Å². The zero-order valence-electron chi connectivity index (χ0n) is 9.14. The third-order valence-corrected chi connectivity index (χ3v) is 2.93. The summed E-state index contributed by atoms with van der Waals surface area (Å²) in [5, 5.41) is 1.88. The van der Waals surface area contributed by atoms with Gasteiger partial charge in [-0.25, -0.2) is 14.2 Å². The topological polar surface area (TPSA) is 39.2 Å². The van der Waals surface area contributed by atoms with Crippen molar-refractivity contribution >= 4 is 17.3 Å². The van der Waals surface area contributed by atoms with Crippen LogP contribution in [0.1, 0.15) is 16.7 Å². The summed E-state index contributed by atoms with van der Waals surface area (Å²) in [6, 6.07) is 6.32. The fourth-order valence-electron chi connectivity index (χ4n) is 1.35. The van der Waals surface area contributed by atoms with Crippen molar-refractivity contribution in [2.45, 2.75) is 6.92 Å². The Kier molecular flexibility index (Phi) is 3.49. The van der Waals surface area contributed by atoms with Crippen molar-refractivity contribution in [2.24, 2.45) is 0 Å². The number of aromatic nitrogens is 1. The molecule has 0 radical (unpaired) electrons. The lowest BCUT2D eigenvalue weighted by Gasteiger charge is -1.98. The number of carbonyl (C=O) groups is 1. The lowest BCUT2D eigenvalue weighted by atomic mass is 10.2. The van der Waals surface area contributed by atoms with Crippen LogP contribution in [0.4, 0.5) is 4.39 Å². The van der Waals surface area contributed by atoms with Gasteiger partial charge in [0.05, 0.1) is 12.3 Å². The van der Waals surface area contributed by atoms with Crippen molar-refractivity contribution in [1.82, 2.24) is 4.98 Å². The molecule has 88 valence electrons. The van der Waals surface area contributed by atoms with Crippen LogP contribution in [0, 0.1) is 5.82 Å². The minimum Gasteiger partial charge on any atom is -0.461 e. The first kappa shape index (κ1) is 11.7. The molecule has 0 saturated carbocycles. The summed E-state index contributed by atoms with van der Waals surface area (Å²) in [6.07, 6.45) is 0. The summed E-state index contributed by atoms with van der Waals surface area (Å²) in [7, 11) is 0. The number of carbonyl (C=O) groups excluding carboxylic acids is 1. The van der Waals surface area contributed by atoms with Crippen molar-refractivity contribution in [3.63, 3.8) is 0 Å². The van der Waals surface area contributed by atoms with Crippen molar-refractivity contribution in [3.05, 3.63) is 40.5 Å². The van der Waals surface area contributed by atoms with Gasteiger partial charge in [0.25, 0.3) is 0 Å². The molecule has 2 aromatic rings. The van der Waals surface area contributed by atoms with Gasteiger partial charge in [-0.3, -0.25) is 0 Å². The van der Waals surface area contributed by atoms with E-state index >= 15 is 0 Å². The predicted octanol–water partition coefficient (Wildman–Crippen LogP) is 3.13. The SMILES string of the molecule is CCOC(=O)c1nc(-c2ccccc2F)cs1. The van der Waals surface area contributed by atoms with E-state index in [0.29, 0.717) is 17.9 Å². The normalized spacial score (nSPS) is 10.2. The summed E-state index contributed by atoms with van der Waals surface area (Å²) in [5.41, 5.74) is 0.843. The summed E-state index contributed by atoms with van der Waals surface area (Å²) in [6.45, 7) is 2.02. The van der Waals surface area contributed by atoms with Gasteiger partial charge in [0.15, 0.2) is 0 Å². The highest BCUT2D eigenvalue weighted by Gasteiger charge is 2.14. The molecule has 0 aliphatic heterocycles. The van der Waals surface area contributed by atoms with E-state index in [1.807, 2.05) is 0 Å². The maximum Gasteiger partial charge on any atom is 0.367 e. The van der Waals surface area contributed by atoms with Crippen LogP contribution in [0.2, 0.25) is 0 Å². The molecule has 1 heterocycles. The summed E-state index contributed by atoms with van der Waals surface area (Å²) in [5.74, 6) is -0.826. The highest BCUT2D eigenvalue weighted by molar-refractivity contribution is 7.11. The lowest BCUT2D eigenvalue weighted by Crippen LogP contribution is -2.03. The molecule has 17 heavy (non-hydrogen) atoms. The van der Waals surface area contributed by atoms with Gasteiger partial charge in [-0.05, 0) is 19.1 Å². The van der Waals surface area contributed by atoms with E-state index in [2.05, 4.69) is 4.98 Å². The molecule has 0 unspecified atom stereocenters. The van der Waals surface area contributed by atoms with E-state index in [-0.39, 0.29) is 10.8 Å². The number of rotatable bonds is 3. The zero-order valence-corrected chi connectivity index (χ0v) is 9.96. The second-order valence-electron chi connectivity index (χ2n) is 3.24. The van der Waals surface area contributed by atoms with Gasteiger partial charge in [0.1, 0.15) is 5.82 Å². The summed E-state index contributed by atoms with van der Waals surface area (Å²) >= 11 is 1.15. The average molecular weight is 251 g/mol. The van der Waals surface area contributed by atoms with Crippen LogP contribution in [0.25, 0.3) is 11.3 Å². The number of thiazole rings is 1. The molecule has 0 bridgehead atoms. The van der Waals surface area contributed by atoms with Gasteiger partial charge in [-0.15, -0.1) is 11.3 Å². The van der Waals surface area contributed by atoms with E-state index in [9.17, 15) is 9.18 Å². The minimum atomic E-state index is -0.472. The Balaban J connectivity index is 2.30. The number of hydrogen-bond donors (Lipinski definition) is 0. The first-order valence-electron chi connectivity index (χ1n) is 5.10. The molecule has 5 heteroatoms. The Morgan fingerprint density at radius 2 is 2.24 bits per heavy atom. The Hall–Kier alpha value is -1.75. The van der Waals surface area contributed by atoms with Crippen molar-refractivity contribution in [1.29, 1.82) is 0 Å². The van der Waals surface area contributed by atoms with Gasteiger partial charge in [0, 0.05) is 10.9 Å². The molecule has 0 aliphatic carbocycles. The summed E-state index contributed by atoms with van der Waals surface area (Å²) < 4.78 is 18.3. The van der Waals surface area contributed by atoms with Crippen LogP contribution in [0.15, 0.2) is 29.6 Å². The first-order chi connectivity index (χ1) is 8.22. The standard InChI is InChI=1S/C12H10FNO2S/c1-2-16-12(15)11-14-10(7-17-11)8-5-3-4-6-9(8)13/h3-7H,2H2,1H3. The molecule has 0 spiro atoms. The molecule has 1 aromatic heterocycles. The average Bonchev–Trinajstić information content (AvgIpc) is 2.79. The molecule has 0 aliphatic rings. The minimum absolute atomic E-state index is 0.241. The Morgan fingerprint density at radius 1 is 1.47 bits per heavy atom. The van der Waals surface area contributed by atoms with Crippen molar-refractivity contribution in [2.75, 3.05) is 6.61 Å². The first-order valence-corrected chi connectivity index (χ1v) is 5.98. The van der Waals surface area contributed by atoms with Crippen LogP contribution in [-0.2, 0) is 4.74 Å². The lowest BCUT2D eigenvalue weighted by molar-refractivity contribution is 0.0526. The van der Waals surface area contributed by atoms with Gasteiger partial charge in [-0.1, -0.05) is 12.1 Å². The third kappa shape index (κ3) is 2.50. The Bertz CT molecular complexity index is 539. The quantitative estimate of drug-likeness (QED) is 0.787. The fourth-order valence-corrected chi connectivity index (χ4v) is 2.06. The molecular weight excluding hydrogens is 241 g/mol. The van der Waals surface area contributed by atoms with Gasteiger partial charge >= 0.3 is 5.97 Å². The largest absolute Gasteiger partial charge is 0.461 e. The van der Waals surface area contributed by atoms with Crippen LogP contribution in [0.3, 0.4) is 0 Å². The molecule has 3 nitrogen and oxygen atoms in total. The molecule has 1 aromatic carbocycles. The number of ether oxygens (including phenoxy) is 1. The number of esters is 1. The zero-order chi connectivity index (χ0) is 12.3. The summed E-state index contributed by atoms with van der Waals surface area (Å²) in [4.78, 5) is 15.5. The van der Waals surface area contributed by atoms with Gasteiger partial charge in [-0.2, -0.15) is 0 Å². The molecule has 0 atom stereocenters. The number of nitrogens with zero attached hydrogens (tertiary/aromatic N) is 1. The van der Waals surface area contributed by atoms with Gasteiger partial charge < -0.3 is 4.74 Å². The number of halogens is 1. The number of benzene rings is 1. The molecule has 0 fully saturated rings. The third-order valence-electron chi connectivity index (χ3n) is 2.10. The van der Waals surface area contributed by atoms with Crippen molar-refractivity contribution < 1.29 is 13.9 Å². The smallest absolute Gasteiger partial charge is 0.367 e. The molecule has 0 N–H and O–H groups in total.